The van der Waals surface area contributed by atoms with Gasteiger partial charge < -0.3 is 19.5 Å². The van der Waals surface area contributed by atoms with Crippen LogP contribution in [0.2, 0.25) is 0 Å². The maximum Gasteiger partial charge on any atom is 0.348 e. The molecule has 0 aliphatic rings. The number of anilines is 1. The summed E-state index contributed by atoms with van der Waals surface area (Å²) in [4.78, 5) is 23.9. The van der Waals surface area contributed by atoms with Crippen LogP contribution in [0.15, 0.2) is 48.0 Å². The number of hydrogen-bond acceptors (Lipinski definition) is 6. The number of nitriles is 1. The zero-order valence-corrected chi connectivity index (χ0v) is 17.2. The highest BCUT2D eigenvalue weighted by Gasteiger charge is 2.12. The van der Waals surface area contributed by atoms with E-state index < -0.39 is 5.97 Å². The van der Waals surface area contributed by atoms with E-state index >= 15 is 0 Å². The number of aryl methyl sites for hydroxylation is 1. The van der Waals surface area contributed by atoms with Crippen LogP contribution in [0, 0.1) is 18.3 Å². The first-order valence-corrected chi connectivity index (χ1v) is 9.51. The maximum absolute atomic E-state index is 12.2. The third kappa shape index (κ3) is 6.67. The number of nitrogens with one attached hydrogen (secondary N) is 1. The molecule has 2 rings (SSSR count). The van der Waals surface area contributed by atoms with Gasteiger partial charge >= 0.3 is 5.97 Å². The average molecular weight is 408 g/mol. The Morgan fingerprint density at radius 3 is 2.40 bits per heavy atom. The summed E-state index contributed by atoms with van der Waals surface area (Å²) >= 11 is 0. The van der Waals surface area contributed by atoms with Gasteiger partial charge in [-0.25, -0.2) is 4.79 Å². The van der Waals surface area contributed by atoms with E-state index in [-0.39, 0.29) is 24.7 Å². The fraction of sp³-hybridized carbons (Fsp3) is 0.261. The van der Waals surface area contributed by atoms with Gasteiger partial charge in [-0.15, -0.1) is 0 Å². The molecule has 0 heterocycles. The van der Waals surface area contributed by atoms with Crippen LogP contribution >= 0.6 is 0 Å². The van der Waals surface area contributed by atoms with Crippen molar-refractivity contribution in [1.82, 2.24) is 0 Å². The Morgan fingerprint density at radius 1 is 1.03 bits per heavy atom. The molecular formula is C23H24N2O5. The molecule has 0 spiro atoms. The first kappa shape index (κ1) is 22.5. The Balaban J connectivity index is 2.10. The van der Waals surface area contributed by atoms with Crippen molar-refractivity contribution in [1.29, 1.82) is 5.26 Å². The number of nitrogens with zero attached hydrogens (tertiary/aromatic N) is 1. The summed E-state index contributed by atoms with van der Waals surface area (Å²) in [5.41, 5.74) is 2.23. The second kappa shape index (κ2) is 11.3. The van der Waals surface area contributed by atoms with Crippen molar-refractivity contribution in [2.45, 2.75) is 20.8 Å². The smallest absolute Gasteiger partial charge is 0.348 e. The second-order valence-corrected chi connectivity index (χ2v) is 6.23. The van der Waals surface area contributed by atoms with Gasteiger partial charge in [-0.3, -0.25) is 4.79 Å². The van der Waals surface area contributed by atoms with E-state index in [0.717, 1.165) is 5.56 Å². The lowest BCUT2D eigenvalue weighted by Gasteiger charge is -2.13. The molecule has 156 valence electrons. The number of rotatable bonds is 9. The third-order valence-electron chi connectivity index (χ3n) is 3.89. The van der Waals surface area contributed by atoms with Gasteiger partial charge in [0, 0.05) is 5.69 Å². The van der Waals surface area contributed by atoms with Crippen molar-refractivity contribution in [3.05, 3.63) is 59.2 Å². The first-order valence-electron chi connectivity index (χ1n) is 9.51. The molecule has 0 aliphatic heterocycles. The molecule has 0 aromatic heterocycles. The predicted octanol–water partition coefficient (Wildman–Crippen LogP) is 3.88. The monoisotopic (exact) mass is 408 g/mol. The van der Waals surface area contributed by atoms with Crippen molar-refractivity contribution >= 4 is 23.6 Å². The summed E-state index contributed by atoms with van der Waals surface area (Å²) in [7, 11) is 0. The molecule has 0 saturated heterocycles. The molecule has 30 heavy (non-hydrogen) atoms. The molecule has 2 aromatic carbocycles. The highest BCUT2D eigenvalue weighted by molar-refractivity contribution is 5.98. The molecule has 0 aliphatic carbocycles. The van der Waals surface area contributed by atoms with E-state index in [2.05, 4.69) is 5.32 Å². The molecule has 0 radical (unpaired) electrons. The van der Waals surface area contributed by atoms with Crippen molar-refractivity contribution in [3.8, 4) is 17.6 Å². The second-order valence-electron chi connectivity index (χ2n) is 6.23. The molecule has 7 nitrogen and oxygen atoms in total. The molecular weight excluding hydrogens is 384 g/mol. The first-order chi connectivity index (χ1) is 14.5. The minimum Gasteiger partial charge on any atom is -0.490 e. The molecule has 0 saturated carbocycles. The van der Waals surface area contributed by atoms with Gasteiger partial charge in [0.15, 0.2) is 18.1 Å². The third-order valence-corrected chi connectivity index (χ3v) is 3.89. The molecule has 0 atom stereocenters. The van der Waals surface area contributed by atoms with E-state index in [9.17, 15) is 14.9 Å². The van der Waals surface area contributed by atoms with Gasteiger partial charge in [0.2, 0.25) is 0 Å². The van der Waals surface area contributed by atoms with Gasteiger partial charge in [0.25, 0.3) is 5.91 Å². The average Bonchev–Trinajstić information content (AvgIpc) is 2.73. The lowest BCUT2D eigenvalue weighted by atomic mass is 10.1. The number of ether oxygens (including phenoxy) is 3. The fourth-order valence-electron chi connectivity index (χ4n) is 2.49. The Kier molecular flexibility index (Phi) is 8.45. The fourth-order valence-corrected chi connectivity index (χ4v) is 2.49. The summed E-state index contributed by atoms with van der Waals surface area (Å²) in [5.74, 6) is -0.219. The molecule has 0 bridgehead atoms. The molecule has 7 heteroatoms. The van der Waals surface area contributed by atoms with Crippen LogP contribution in [0.4, 0.5) is 5.69 Å². The quantitative estimate of drug-likeness (QED) is 0.384. The normalized spacial score (nSPS) is 10.7. The van der Waals surface area contributed by atoms with Crippen LogP contribution in [0.3, 0.4) is 0 Å². The van der Waals surface area contributed by atoms with Crippen LogP contribution in [-0.2, 0) is 14.3 Å². The number of esters is 1. The van der Waals surface area contributed by atoms with Crippen molar-refractivity contribution in [2.24, 2.45) is 0 Å². The predicted molar refractivity (Wildman–Crippen MR) is 113 cm³/mol. The van der Waals surface area contributed by atoms with Gasteiger partial charge in [-0.2, -0.15) is 5.26 Å². The SMILES string of the molecule is CCOC(=O)/C(C#N)=C/c1ccc(OCC(=O)Nc2ccc(C)cc2)c(OCC)c1. The Hall–Kier alpha value is -3.79. The number of carbonyl (C=O) groups is 2. The number of amides is 1. The molecule has 0 fully saturated rings. The summed E-state index contributed by atoms with van der Waals surface area (Å²) < 4.78 is 16.0. The topological polar surface area (TPSA) is 97.7 Å². The number of carbonyl (C=O) groups excluding carboxylic acids is 2. The van der Waals surface area contributed by atoms with E-state index in [1.54, 1.807) is 25.1 Å². The zero-order chi connectivity index (χ0) is 21.9. The van der Waals surface area contributed by atoms with Gasteiger partial charge in [-0.05, 0) is 56.7 Å². The molecule has 1 amide bonds. The number of hydrogen-bond donors (Lipinski definition) is 1. The van der Waals surface area contributed by atoms with E-state index in [1.165, 1.54) is 6.08 Å². The molecule has 1 N–H and O–H groups in total. The lowest BCUT2D eigenvalue weighted by Crippen LogP contribution is -2.20. The highest BCUT2D eigenvalue weighted by Crippen LogP contribution is 2.29. The minimum atomic E-state index is -0.689. The Labute approximate surface area is 175 Å². The zero-order valence-electron chi connectivity index (χ0n) is 17.2. The number of benzene rings is 2. The van der Waals surface area contributed by atoms with Crippen molar-refractivity contribution in [2.75, 3.05) is 25.1 Å². The lowest BCUT2D eigenvalue weighted by molar-refractivity contribution is -0.137. The summed E-state index contributed by atoms with van der Waals surface area (Å²) in [5, 5.41) is 11.9. The van der Waals surface area contributed by atoms with Gasteiger partial charge in [-0.1, -0.05) is 23.8 Å². The highest BCUT2D eigenvalue weighted by atomic mass is 16.5. The van der Waals surface area contributed by atoms with Crippen LogP contribution in [0.5, 0.6) is 11.5 Å². The van der Waals surface area contributed by atoms with Crippen molar-refractivity contribution < 1.29 is 23.8 Å². The largest absolute Gasteiger partial charge is 0.490 e. The standard InChI is InChI=1S/C23H24N2O5/c1-4-28-21-13-17(12-18(14-24)23(27)29-5-2)8-11-20(21)30-15-22(26)25-19-9-6-16(3)7-10-19/h6-13H,4-5,15H2,1-3H3,(H,25,26)/b18-12+. The van der Waals surface area contributed by atoms with Crippen LogP contribution in [-0.4, -0.2) is 31.7 Å². The van der Waals surface area contributed by atoms with E-state index in [4.69, 9.17) is 14.2 Å². The van der Waals surface area contributed by atoms with E-state index in [0.29, 0.717) is 29.4 Å². The summed E-state index contributed by atoms with van der Waals surface area (Å²) in [6.07, 6.45) is 1.41. The van der Waals surface area contributed by atoms with Crippen LogP contribution < -0.4 is 14.8 Å². The Bertz CT molecular complexity index is 959. The summed E-state index contributed by atoms with van der Waals surface area (Å²) in [6, 6.07) is 14.2. The van der Waals surface area contributed by atoms with Gasteiger partial charge in [0.05, 0.1) is 13.2 Å². The minimum absolute atomic E-state index is 0.120. The Morgan fingerprint density at radius 2 is 1.77 bits per heavy atom. The van der Waals surface area contributed by atoms with Crippen LogP contribution in [0.1, 0.15) is 25.0 Å². The molecule has 2 aromatic rings. The van der Waals surface area contributed by atoms with E-state index in [1.807, 2.05) is 44.2 Å². The maximum atomic E-state index is 12.2. The van der Waals surface area contributed by atoms with Gasteiger partial charge in [0.1, 0.15) is 11.6 Å². The van der Waals surface area contributed by atoms with Crippen LogP contribution in [0.25, 0.3) is 6.08 Å². The summed E-state index contributed by atoms with van der Waals surface area (Å²) in [6.45, 7) is 5.81. The molecule has 0 unspecified atom stereocenters. The van der Waals surface area contributed by atoms with Crippen molar-refractivity contribution in [3.63, 3.8) is 0 Å².